The third kappa shape index (κ3) is 3.86. The first-order chi connectivity index (χ1) is 13.5. The number of rotatable bonds is 4. The van der Waals surface area contributed by atoms with Gasteiger partial charge in [0.1, 0.15) is 5.82 Å². The van der Waals surface area contributed by atoms with Gasteiger partial charge in [-0.25, -0.2) is 4.98 Å². The van der Waals surface area contributed by atoms with Crippen molar-refractivity contribution in [3.63, 3.8) is 0 Å². The van der Waals surface area contributed by atoms with E-state index in [9.17, 15) is 0 Å². The maximum atomic E-state index is 6.17. The molecule has 1 fully saturated rings. The number of aromatic nitrogens is 2. The third-order valence-corrected chi connectivity index (χ3v) is 6.32. The number of fused-ring (bicyclic) bond motifs is 3. The van der Waals surface area contributed by atoms with E-state index in [1.54, 1.807) is 0 Å². The van der Waals surface area contributed by atoms with Crippen LogP contribution in [0, 0.1) is 5.92 Å². The van der Waals surface area contributed by atoms with E-state index < -0.39 is 0 Å². The standard InChI is InChI=1S/C23H33N5/c1-16(2)28-13-7-8-17(15-28)14-27(3)22-20-12-6-10-18-9-4-5-11-19(18)21(20)25-23(24)26-22/h4-5,9,11,16-17H,6-8,10,12-15H2,1-3H3,(H2,24,25,26). The topological polar surface area (TPSA) is 58.3 Å². The highest BCUT2D eigenvalue weighted by Crippen LogP contribution is 2.36. The minimum absolute atomic E-state index is 0.379. The highest BCUT2D eigenvalue weighted by molar-refractivity contribution is 5.73. The maximum Gasteiger partial charge on any atom is 0.222 e. The molecule has 1 aliphatic heterocycles. The fraction of sp³-hybridized carbons (Fsp3) is 0.565. The number of likely N-dealkylation sites (tertiary alicyclic amines) is 1. The highest BCUT2D eigenvalue weighted by atomic mass is 15.2. The van der Waals surface area contributed by atoms with Crippen molar-refractivity contribution < 1.29 is 0 Å². The van der Waals surface area contributed by atoms with E-state index >= 15 is 0 Å². The normalized spacial score (nSPS) is 19.8. The minimum Gasteiger partial charge on any atom is -0.368 e. The van der Waals surface area contributed by atoms with Crippen molar-refractivity contribution in [1.29, 1.82) is 0 Å². The number of hydrogen-bond acceptors (Lipinski definition) is 5. The van der Waals surface area contributed by atoms with Crippen LogP contribution in [0.5, 0.6) is 0 Å². The average Bonchev–Trinajstić information content (AvgIpc) is 2.87. The summed E-state index contributed by atoms with van der Waals surface area (Å²) in [6.07, 6.45) is 5.80. The molecular formula is C23H33N5. The van der Waals surface area contributed by atoms with Gasteiger partial charge in [-0.05, 0) is 64.0 Å². The lowest BCUT2D eigenvalue weighted by Gasteiger charge is -2.37. The molecule has 0 radical (unpaired) electrons. The Bertz CT molecular complexity index is 832. The van der Waals surface area contributed by atoms with Gasteiger partial charge in [-0.1, -0.05) is 24.3 Å². The minimum atomic E-state index is 0.379. The summed E-state index contributed by atoms with van der Waals surface area (Å²) in [5.74, 6) is 2.08. The number of nitrogens with zero attached hydrogens (tertiary/aromatic N) is 4. The molecule has 28 heavy (non-hydrogen) atoms. The van der Waals surface area contributed by atoms with E-state index in [0.717, 1.165) is 37.3 Å². The molecule has 2 aromatic rings. The number of nitrogen functional groups attached to an aromatic ring is 1. The zero-order valence-corrected chi connectivity index (χ0v) is 17.5. The summed E-state index contributed by atoms with van der Waals surface area (Å²) in [5.41, 5.74) is 11.1. The first kappa shape index (κ1) is 19.2. The Morgan fingerprint density at radius 2 is 2.00 bits per heavy atom. The Balaban J connectivity index is 1.63. The molecule has 0 spiro atoms. The second-order valence-electron chi connectivity index (χ2n) is 8.72. The van der Waals surface area contributed by atoms with Crippen molar-refractivity contribution in [3.8, 4) is 11.3 Å². The summed E-state index contributed by atoms with van der Waals surface area (Å²) in [5, 5.41) is 0. The molecule has 5 nitrogen and oxygen atoms in total. The quantitative estimate of drug-likeness (QED) is 0.876. The lowest BCUT2D eigenvalue weighted by Crippen LogP contribution is -2.43. The monoisotopic (exact) mass is 379 g/mol. The number of anilines is 2. The molecule has 0 bridgehead atoms. The van der Waals surface area contributed by atoms with E-state index in [1.807, 2.05) is 0 Å². The van der Waals surface area contributed by atoms with Crippen LogP contribution < -0.4 is 10.6 Å². The molecule has 1 unspecified atom stereocenters. The van der Waals surface area contributed by atoms with Crippen molar-refractivity contribution >= 4 is 11.8 Å². The molecule has 0 amide bonds. The van der Waals surface area contributed by atoms with Crippen LogP contribution in [0.25, 0.3) is 11.3 Å². The molecule has 0 saturated carbocycles. The summed E-state index contributed by atoms with van der Waals surface area (Å²) in [6.45, 7) is 8.02. The van der Waals surface area contributed by atoms with E-state index in [-0.39, 0.29) is 0 Å². The molecule has 2 N–H and O–H groups in total. The molecule has 1 aromatic heterocycles. The van der Waals surface area contributed by atoms with Crippen LogP contribution >= 0.6 is 0 Å². The molecular weight excluding hydrogens is 346 g/mol. The van der Waals surface area contributed by atoms with Gasteiger partial charge in [0.2, 0.25) is 5.95 Å². The van der Waals surface area contributed by atoms with Gasteiger partial charge in [0.05, 0.1) is 5.69 Å². The Morgan fingerprint density at radius 1 is 1.18 bits per heavy atom. The molecule has 4 rings (SSSR count). The largest absolute Gasteiger partial charge is 0.368 e. The molecule has 1 saturated heterocycles. The third-order valence-electron chi connectivity index (χ3n) is 6.32. The van der Waals surface area contributed by atoms with Crippen LogP contribution in [0.2, 0.25) is 0 Å². The van der Waals surface area contributed by atoms with E-state index in [4.69, 9.17) is 10.7 Å². The first-order valence-corrected chi connectivity index (χ1v) is 10.7. The predicted octanol–water partition coefficient (Wildman–Crippen LogP) is 3.77. The zero-order chi connectivity index (χ0) is 19.7. The zero-order valence-electron chi connectivity index (χ0n) is 17.5. The van der Waals surface area contributed by atoms with Crippen molar-refractivity contribution in [3.05, 3.63) is 35.4 Å². The van der Waals surface area contributed by atoms with Gasteiger partial charge < -0.3 is 15.5 Å². The molecule has 1 aromatic carbocycles. The number of piperidine rings is 1. The van der Waals surface area contributed by atoms with Crippen LogP contribution in [-0.2, 0) is 12.8 Å². The van der Waals surface area contributed by atoms with Gasteiger partial charge in [-0.15, -0.1) is 0 Å². The summed E-state index contributed by atoms with van der Waals surface area (Å²) in [4.78, 5) is 14.3. The van der Waals surface area contributed by atoms with Gasteiger partial charge in [0, 0.05) is 37.3 Å². The van der Waals surface area contributed by atoms with Crippen molar-refractivity contribution in [2.24, 2.45) is 5.92 Å². The van der Waals surface area contributed by atoms with Crippen LogP contribution in [0.3, 0.4) is 0 Å². The van der Waals surface area contributed by atoms with Crippen LogP contribution in [0.4, 0.5) is 11.8 Å². The second kappa shape index (κ2) is 8.08. The summed E-state index contributed by atoms with van der Waals surface area (Å²) < 4.78 is 0. The molecule has 150 valence electrons. The number of nitrogens with two attached hydrogens (primary N) is 1. The Kier molecular flexibility index (Phi) is 5.54. The fourth-order valence-electron chi connectivity index (χ4n) is 4.87. The van der Waals surface area contributed by atoms with Gasteiger partial charge in [-0.2, -0.15) is 4.98 Å². The smallest absolute Gasteiger partial charge is 0.222 e. The van der Waals surface area contributed by atoms with Gasteiger partial charge in [0.15, 0.2) is 0 Å². The van der Waals surface area contributed by atoms with E-state index in [1.165, 1.54) is 42.6 Å². The number of aryl methyl sites for hydroxylation is 1. The second-order valence-corrected chi connectivity index (χ2v) is 8.72. The molecule has 5 heteroatoms. The lowest BCUT2D eigenvalue weighted by atomic mass is 9.96. The summed E-state index contributed by atoms with van der Waals surface area (Å²) in [6, 6.07) is 9.23. The van der Waals surface area contributed by atoms with Crippen molar-refractivity contribution in [1.82, 2.24) is 14.9 Å². The Labute approximate surface area is 169 Å². The Hall–Kier alpha value is -2.14. The average molecular weight is 380 g/mol. The summed E-state index contributed by atoms with van der Waals surface area (Å²) in [7, 11) is 2.17. The predicted molar refractivity (Wildman–Crippen MR) is 117 cm³/mol. The highest BCUT2D eigenvalue weighted by Gasteiger charge is 2.26. The molecule has 1 atom stereocenters. The first-order valence-electron chi connectivity index (χ1n) is 10.7. The van der Waals surface area contributed by atoms with Crippen LogP contribution in [0.15, 0.2) is 24.3 Å². The van der Waals surface area contributed by atoms with E-state index in [0.29, 0.717) is 17.9 Å². The SMILES string of the molecule is CC(C)N1CCCC(CN(C)c2nc(N)nc3c2CCCc2ccccc2-3)C1. The fourth-order valence-corrected chi connectivity index (χ4v) is 4.87. The number of benzene rings is 1. The van der Waals surface area contributed by atoms with Gasteiger partial charge in [0.25, 0.3) is 0 Å². The van der Waals surface area contributed by atoms with Crippen molar-refractivity contribution in [2.75, 3.05) is 37.3 Å². The molecule has 1 aliphatic carbocycles. The summed E-state index contributed by atoms with van der Waals surface area (Å²) >= 11 is 0. The van der Waals surface area contributed by atoms with Crippen LogP contribution in [-0.4, -0.2) is 47.6 Å². The van der Waals surface area contributed by atoms with Gasteiger partial charge in [-0.3, -0.25) is 0 Å². The molecule has 2 heterocycles. The lowest BCUT2D eigenvalue weighted by molar-refractivity contribution is 0.142. The molecule has 2 aliphatic rings. The van der Waals surface area contributed by atoms with E-state index in [2.05, 4.69) is 59.9 Å². The van der Waals surface area contributed by atoms with Gasteiger partial charge >= 0.3 is 0 Å². The maximum absolute atomic E-state index is 6.17. The van der Waals surface area contributed by atoms with Crippen molar-refractivity contribution in [2.45, 2.75) is 52.0 Å². The van der Waals surface area contributed by atoms with Crippen LogP contribution in [0.1, 0.15) is 44.2 Å². The Morgan fingerprint density at radius 3 is 2.82 bits per heavy atom. The number of hydrogen-bond donors (Lipinski definition) is 1.